The normalized spacial score (nSPS) is 11.1. The van der Waals surface area contributed by atoms with Gasteiger partial charge in [0.25, 0.3) is 0 Å². The molecule has 0 heterocycles. The van der Waals surface area contributed by atoms with E-state index in [2.05, 4.69) is 11.8 Å². The van der Waals surface area contributed by atoms with Gasteiger partial charge < -0.3 is 5.11 Å². The molecule has 0 saturated heterocycles. The lowest BCUT2D eigenvalue weighted by molar-refractivity contribution is 0.0484. The maximum absolute atomic E-state index is 9.40. The molecule has 0 radical (unpaired) electrons. The van der Waals surface area contributed by atoms with Crippen LogP contribution in [0.2, 0.25) is 0 Å². The molecule has 0 atom stereocenters. The van der Waals surface area contributed by atoms with Crippen LogP contribution in [-0.2, 0) is 0 Å². The van der Waals surface area contributed by atoms with Crippen molar-refractivity contribution in [2.45, 2.75) is 26.4 Å². The van der Waals surface area contributed by atoms with Crippen molar-refractivity contribution in [1.82, 2.24) is 4.90 Å². The zero-order chi connectivity index (χ0) is 8.91. The molecule has 11 heavy (non-hydrogen) atoms. The molecule has 2 nitrogen and oxygen atoms in total. The highest BCUT2D eigenvalue weighted by molar-refractivity contribution is 4.97. The van der Waals surface area contributed by atoms with Crippen molar-refractivity contribution in [3.63, 3.8) is 0 Å². The van der Waals surface area contributed by atoms with Gasteiger partial charge in [0, 0.05) is 6.54 Å². The summed E-state index contributed by atoms with van der Waals surface area (Å²) in [6.07, 6.45) is 0. The summed E-state index contributed by atoms with van der Waals surface area (Å²) in [5.74, 6) is 5.75. The Morgan fingerprint density at radius 1 is 1.45 bits per heavy atom. The largest absolute Gasteiger partial charge is 0.389 e. The topological polar surface area (TPSA) is 23.5 Å². The molecular formula is C9H17NO. The lowest BCUT2D eigenvalue weighted by Crippen LogP contribution is -2.36. The molecule has 0 bridgehead atoms. The van der Waals surface area contributed by atoms with Crippen molar-refractivity contribution in [2.75, 3.05) is 20.1 Å². The first-order valence-corrected chi connectivity index (χ1v) is 3.76. The highest BCUT2D eigenvalue weighted by atomic mass is 16.3. The van der Waals surface area contributed by atoms with E-state index < -0.39 is 5.60 Å². The molecule has 1 N–H and O–H groups in total. The monoisotopic (exact) mass is 155 g/mol. The van der Waals surface area contributed by atoms with Crippen molar-refractivity contribution in [3.8, 4) is 11.8 Å². The van der Waals surface area contributed by atoms with Gasteiger partial charge in [-0.3, -0.25) is 4.90 Å². The predicted molar refractivity (Wildman–Crippen MR) is 47.2 cm³/mol. The van der Waals surface area contributed by atoms with E-state index in [1.807, 2.05) is 18.9 Å². The summed E-state index contributed by atoms with van der Waals surface area (Å²) in [6.45, 7) is 6.78. The molecular weight excluding hydrogens is 138 g/mol. The molecule has 0 aromatic rings. The van der Waals surface area contributed by atoms with Gasteiger partial charge in [0.15, 0.2) is 0 Å². The fourth-order valence-electron chi connectivity index (χ4n) is 0.930. The Hall–Kier alpha value is -0.520. The van der Waals surface area contributed by atoms with E-state index in [-0.39, 0.29) is 0 Å². The van der Waals surface area contributed by atoms with E-state index in [0.717, 1.165) is 6.54 Å². The van der Waals surface area contributed by atoms with Crippen LogP contribution in [0.15, 0.2) is 0 Å². The maximum Gasteiger partial charge on any atom is 0.0718 e. The Balaban J connectivity index is 3.66. The van der Waals surface area contributed by atoms with Crippen molar-refractivity contribution in [1.29, 1.82) is 0 Å². The summed E-state index contributed by atoms with van der Waals surface area (Å²) in [5.41, 5.74) is -0.621. The Morgan fingerprint density at radius 2 is 2.00 bits per heavy atom. The zero-order valence-corrected chi connectivity index (χ0v) is 7.81. The molecule has 0 aromatic carbocycles. The molecule has 0 rings (SSSR count). The molecule has 0 amide bonds. The fraction of sp³-hybridized carbons (Fsp3) is 0.778. The molecule has 0 aliphatic carbocycles. The number of hydrogen-bond acceptors (Lipinski definition) is 2. The average Bonchev–Trinajstić information content (AvgIpc) is 1.79. The Kier molecular flexibility index (Phi) is 4.17. The van der Waals surface area contributed by atoms with E-state index in [4.69, 9.17) is 0 Å². The number of aliphatic hydroxyl groups is 1. The second-order valence-corrected chi connectivity index (χ2v) is 3.41. The second kappa shape index (κ2) is 4.38. The van der Waals surface area contributed by atoms with Crippen molar-refractivity contribution < 1.29 is 5.11 Å². The maximum atomic E-state index is 9.40. The van der Waals surface area contributed by atoms with E-state index in [0.29, 0.717) is 6.54 Å². The van der Waals surface area contributed by atoms with Crippen LogP contribution < -0.4 is 0 Å². The van der Waals surface area contributed by atoms with Gasteiger partial charge in [-0.15, -0.1) is 5.92 Å². The SMILES string of the molecule is CC#CCN(C)CC(C)(C)O. The van der Waals surface area contributed by atoms with E-state index >= 15 is 0 Å². The Labute approximate surface area is 69.2 Å². The van der Waals surface area contributed by atoms with Crippen molar-refractivity contribution in [2.24, 2.45) is 0 Å². The third-order valence-corrected chi connectivity index (χ3v) is 1.18. The van der Waals surface area contributed by atoms with Crippen LogP contribution in [0.3, 0.4) is 0 Å². The first-order chi connectivity index (χ1) is 4.95. The van der Waals surface area contributed by atoms with Gasteiger partial charge in [0.1, 0.15) is 0 Å². The van der Waals surface area contributed by atoms with Gasteiger partial charge >= 0.3 is 0 Å². The summed E-state index contributed by atoms with van der Waals surface area (Å²) in [4.78, 5) is 2.00. The molecule has 64 valence electrons. The molecule has 0 fully saturated rings. The first kappa shape index (κ1) is 10.5. The first-order valence-electron chi connectivity index (χ1n) is 3.76. The molecule has 0 spiro atoms. The Bertz CT molecular complexity index is 159. The minimum Gasteiger partial charge on any atom is -0.389 e. The lowest BCUT2D eigenvalue weighted by Gasteiger charge is -2.23. The highest BCUT2D eigenvalue weighted by Gasteiger charge is 2.14. The fourth-order valence-corrected chi connectivity index (χ4v) is 0.930. The van der Waals surface area contributed by atoms with Gasteiger partial charge in [0.05, 0.1) is 12.1 Å². The van der Waals surface area contributed by atoms with Gasteiger partial charge in [-0.1, -0.05) is 5.92 Å². The number of likely N-dealkylation sites (N-methyl/N-ethyl adjacent to an activating group) is 1. The summed E-state index contributed by atoms with van der Waals surface area (Å²) < 4.78 is 0. The minimum absolute atomic E-state index is 0.621. The van der Waals surface area contributed by atoms with Crippen LogP contribution in [0.1, 0.15) is 20.8 Å². The van der Waals surface area contributed by atoms with Crippen LogP contribution >= 0.6 is 0 Å². The number of rotatable bonds is 3. The van der Waals surface area contributed by atoms with Crippen LogP contribution in [-0.4, -0.2) is 35.7 Å². The third-order valence-electron chi connectivity index (χ3n) is 1.18. The quantitative estimate of drug-likeness (QED) is 0.607. The van der Waals surface area contributed by atoms with Gasteiger partial charge in [0.2, 0.25) is 0 Å². The number of nitrogens with zero attached hydrogens (tertiary/aromatic N) is 1. The molecule has 0 unspecified atom stereocenters. The van der Waals surface area contributed by atoms with E-state index in [1.165, 1.54) is 0 Å². The second-order valence-electron chi connectivity index (χ2n) is 3.41. The smallest absolute Gasteiger partial charge is 0.0718 e. The van der Waals surface area contributed by atoms with Crippen LogP contribution in [0.25, 0.3) is 0 Å². The lowest BCUT2D eigenvalue weighted by atomic mass is 10.1. The zero-order valence-electron chi connectivity index (χ0n) is 7.81. The third kappa shape index (κ3) is 7.38. The van der Waals surface area contributed by atoms with Crippen molar-refractivity contribution >= 4 is 0 Å². The minimum atomic E-state index is -0.621. The number of hydrogen-bond donors (Lipinski definition) is 1. The highest BCUT2D eigenvalue weighted by Crippen LogP contribution is 2.01. The summed E-state index contributed by atoms with van der Waals surface area (Å²) in [7, 11) is 1.95. The summed E-state index contributed by atoms with van der Waals surface area (Å²) >= 11 is 0. The van der Waals surface area contributed by atoms with Crippen molar-refractivity contribution in [3.05, 3.63) is 0 Å². The van der Waals surface area contributed by atoms with E-state index in [1.54, 1.807) is 13.8 Å². The standard InChI is InChI=1S/C9H17NO/c1-5-6-7-10(4)8-9(2,3)11/h11H,7-8H2,1-4H3. The van der Waals surface area contributed by atoms with Gasteiger partial charge in [-0.2, -0.15) is 0 Å². The predicted octanol–water partition coefficient (Wildman–Crippen LogP) is 0.712. The van der Waals surface area contributed by atoms with Gasteiger partial charge in [-0.05, 0) is 27.8 Å². The molecule has 2 heteroatoms. The molecule has 0 aromatic heterocycles. The molecule has 0 saturated carbocycles. The summed E-state index contributed by atoms with van der Waals surface area (Å²) in [5, 5.41) is 9.40. The van der Waals surface area contributed by atoms with Crippen LogP contribution in [0.5, 0.6) is 0 Å². The average molecular weight is 155 g/mol. The Morgan fingerprint density at radius 3 is 2.36 bits per heavy atom. The molecule has 0 aliphatic rings. The summed E-state index contributed by atoms with van der Waals surface area (Å²) in [6, 6.07) is 0. The van der Waals surface area contributed by atoms with Gasteiger partial charge in [-0.25, -0.2) is 0 Å². The molecule has 0 aliphatic heterocycles. The van der Waals surface area contributed by atoms with Crippen LogP contribution in [0, 0.1) is 11.8 Å². The van der Waals surface area contributed by atoms with Crippen LogP contribution in [0.4, 0.5) is 0 Å². The van der Waals surface area contributed by atoms with E-state index in [9.17, 15) is 5.11 Å².